The summed E-state index contributed by atoms with van der Waals surface area (Å²) in [4.78, 5) is 18.4. The molecular formula is C18H21N3O2S2. The molecule has 132 valence electrons. The molecule has 0 fully saturated rings. The third-order valence-corrected chi connectivity index (χ3v) is 5.61. The van der Waals surface area contributed by atoms with Crippen molar-refractivity contribution in [2.24, 2.45) is 0 Å². The van der Waals surface area contributed by atoms with Gasteiger partial charge in [-0.05, 0) is 31.4 Å². The Bertz CT molecular complexity index is 850. The number of nitrogens with one attached hydrogen (secondary N) is 1. The van der Waals surface area contributed by atoms with E-state index in [4.69, 9.17) is 4.74 Å². The Hall–Kier alpha value is -1.96. The van der Waals surface area contributed by atoms with Crippen LogP contribution in [0.25, 0.3) is 11.4 Å². The third kappa shape index (κ3) is 4.00. The maximum Gasteiger partial charge on any atom is 0.253 e. The monoisotopic (exact) mass is 375 g/mol. The van der Waals surface area contributed by atoms with Gasteiger partial charge in [0.25, 0.3) is 5.91 Å². The van der Waals surface area contributed by atoms with Crippen molar-refractivity contribution in [1.29, 1.82) is 0 Å². The lowest BCUT2D eigenvalue weighted by Crippen LogP contribution is -2.27. The van der Waals surface area contributed by atoms with Crippen molar-refractivity contribution in [3.8, 4) is 11.4 Å². The molecule has 3 rings (SSSR count). The van der Waals surface area contributed by atoms with Crippen LogP contribution in [0.15, 0.2) is 29.0 Å². The number of methoxy groups -OCH3 is 1. The van der Waals surface area contributed by atoms with Gasteiger partial charge in [-0.3, -0.25) is 4.79 Å². The van der Waals surface area contributed by atoms with Gasteiger partial charge in [0.2, 0.25) is 0 Å². The van der Waals surface area contributed by atoms with Crippen LogP contribution in [0.2, 0.25) is 0 Å². The van der Waals surface area contributed by atoms with Crippen molar-refractivity contribution in [3.05, 3.63) is 50.1 Å². The zero-order chi connectivity index (χ0) is 17.8. The van der Waals surface area contributed by atoms with E-state index >= 15 is 0 Å². The zero-order valence-corrected chi connectivity index (χ0v) is 16.2. The summed E-state index contributed by atoms with van der Waals surface area (Å²) in [6, 6.07) is 6.10. The SMILES string of the molecule is COCCNC(=O)c1cc(-c2csc(C)n2)n(Cc2cccs2)c1C. The van der Waals surface area contributed by atoms with Crippen molar-refractivity contribution >= 4 is 28.6 Å². The Kier molecular flexibility index (Phi) is 5.67. The summed E-state index contributed by atoms with van der Waals surface area (Å²) >= 11 is 3.33. The number of amides is 1. The Balaban J connectivity index is 1.97. The fourth-order valence-corrected chi connectivity index (χ4v) is 3.99. The number of ether oxygens (including phenoxy) is 1. The minimum atomic E-state index is -0.0762. The van der Waals surface area contributed by atoms with Gasteiger partial charge in [0.15, 0.2) is 0 Å². The standard InChI is InChI=1S/C18H21N3O2S2/c1-12-15(18(22)19-6-7-23-3)9-17(16-11-25-13(2)20-16)21(12)10-14-5-4-8-24-14/h4-5,8-9,11H,6-7,10H2,1-3H3,(H,19,22). The summed E-state index contributed by atoms with van der Waals surface area (Å²) in [5, 5.41) is 8.03. The molecule has 0 aliphatic carbocycles. The van der Waals surface area contributed by atoms with Crippen LogP contribution in [0, 0.1) is 13.8 Å². The van der Waals surface area contributed by atoms with Crippen molar-refractivity contribution in [3.63, 3.8) is 0 Å². The summed E-state index contributed by atoms with van der Waals surface area (Å²) in [5.74, 6) is -0.0762. The van der Waals surface area contributed by atoms with Crippen molar-refractivity contribution in [1.82, 2.24) is 14.9 Å². The van der Waals surface area contributed by atoms with E-state index in [0.29, 0.717) is 18.7 Å². The number of aryl methyl sites for hydroxylation is 1. The number of nitrogens with zero attached hydrogens (tertiary/aromatic N) is 2. The molecule has 5 nitrogen and oxygen atoms in total. The van der Waals surface area contributed by atoms with Gasteiger partial charge in [-0.2, -0.15) is 0 Å². The molecule has 0 spiro atoms. The summed E-state index contributed by atoms with van der Waals surface area (Å²) in [7, 11) is 1.62. The largest absolute Gasteiger partial charge is 0.383 e. The van der Waals surface area contributed by atoms with Gasteiger partial charge >= 0.3 is 0 Å². The number of aromatic nitrogens is 2. The van der Waals surface area contributed by atoms with Gasteiger partial charge in [-0.25, -0.2) is 4.98 Å². The number of thiophene rings is 1. The van der Waals surface area contributed by atoms with Crippen molar-refractivity contribution in [2.45, 2.75) is 20.4 Å². The first kappa shape index (κ1) is 17.8. The highest BCUT2D eigenvalue weighted by Gasteiger charge is 2.20. The summed E-state index contributed by atoms with van der Waals surface area (Å²) in [6.07, 6.45) is 0. The molecule has 0 aliphatic rings. The molecule has 1 N–H and O–H groups in total. The molecule has 0 saturated heterocycles. The van der Waals surface area contributed by atoms with E-state index in [2.05, 4.69) is 26.3 Å². The highest BCUT2D eigenvalue weighted by atomic mass is 32.1. The highest BCUT2D eigenvalue weighted by Crippen LogP contribution is 2.28. The number of hydrogen-bond acceptors (Lipinski definition) is 5. The van der Waals surface area contributed by atoms with Crippen LogP contribution in [0.4, 0.5) is 0 Å². The molecule has 0 bridgehead atoms. The Morgan fingerprint density at radius 1 is 1.36 bits per heavy atom. The summed E-state index contributed by atoms with van der Waals surface area (Å²) < 4.78 is 7.17. The predicted octanol–water partition coefficient (Wildman–Crippen LogP) is 3.71. The van der Waals surface area contributed by atoms with E-state index in [1.165, 1.54) is 4.88 Å². The summed E-state index contributed by atoms with van der Waals surface area (Å²) in [6.45, 7) is 5.71. The van der Waals surface area contributed by atoms with E-state index in [-0.39, 0.29) is 5.91 Å². The molecule has 0 unspecified atom stereocenters. The molecular weight excluding hydrogens is 354 g/mol. The quantitative estimate of drug-likeness (QED) is 0.641. The van der Waals surface area contributed by atoms with Gasteiger partial charge < -0.3 is 14.6 Å². The Morgan fingerprint density at radius 2 is 2.20 bits per heavy atom. The van der Waals surface area contributed by atoms with E-state index in [0.717, 1.165) is 28.6 Å². The molecule has 3 aromatic heterocycles. The number of carbonyl (C=O) groups is 1. The molecule has 0 radical (unpaired) electrons. The van der Waals surface area contributed by atoms with Crippen molar-refractivity contribution in [2.75, 3.05) is 20.3 Å². The Labute approximate surface area is 155 Å². The maximum atomic E-state index is 12.5. The van der Waals surface area contributed by atoms with Gasteiger partial charge in [-0.1, -0.05) is 6.07 Å². The van der Waals surface area contributed by atoms with E-state index in [1.807, 2.05) is 31.4 Å². The number of carbonyl (C=O) groups excluding carboxylic acids is 1. The molecule has 0 aromatic carbocycles. The lowest BCUT2D eigenvalue weighted by Gasteiger charge is -2.10. The second kappa shape index (κ2) is 7.95. The summed E-state index contributed by atoms with van der Waals surface area (Å²) in [5.41, 5.74) is 3.53. The first-order chi connectivity index (χ1) is 12.1. The fourth-order valence-electron chi connectivity index (χ4n) is 2.69. The first-order valence-electron chi connectivity index (χ1n) is 8.02. The normalized spacial score (nSPS) is 11.0. The van der Waals surface area contributed by atoms with Crippen LogP contribution in [0.3, 0.4) is 0 Å². The van der Waals surface area contributed by atoms with E-state index in [9.17, 15) is 4.79 Å². The zero-order valence-electron chi connectivity index (χ0n) is 14.5. The molecule has 0 saturated carbocycles. The number of hydrogen-bond donors (Lipinski definition) is 1. The highest BCUT2D eigenvalue weighted by molar-refractivity contribution is 7.10. The average Bonchev–Trinajstić information content (AvgIpc) is 3.31. The van der Waals surface area contributed by atoms with E-state index in [1.54, 1.807) is 29.8 Å². The van der Waals surface area contributed by atoms with Crippen LogP contribution in [-0.4, -0.2) is 35.7 Å². The molecule has 25 heavy (non-hydrogen) atoms. The average molecular weight is 376 g/mol. The second-order valence-electron chi connectivity index (χ2n) is 5.69. The van der Waals surface area contributed by atoms with Crippen LogP contribution >= 0.6 is 22.7 Å². The lowest BCUT2D eigenvalue weighted by atomic mass is 10.2. The van der Waals surface area contributed by atoms with E-state index < -0.39 is 0 Å². The maximum absolute atomic E-state index is 12.5. The molecule has 1 amide bonds. The van der Waals surface area contributed by atoms with Gasteiger partial charge in [0.05, 0.1) is 35.1 Å². The molecule has 3 heterocycles. The van der Waals surface area contributed by atoms with Crippen LogP contribution in [0.1, 0.15) is 25.9 Å². The van der Waals surface area contributed by atoms with Gasteiger partial charge in [0, 0.05) is 29.6 Å². The minimum absolute atomic E-state index is 0.0762. The van der Waals surface area contributed by atoms with Crippen LogP contribution in [0.5, 0.6) is 0 Å². The minimum Gasteiger partial charge on any atom is -0.383 e. The van der Waals surface area contributed by atoms with Crippen molar-refractivity contribution < 1.29 is 9.53 Å². The van der Waals surface area contributed by atoms with Crippen LogP contribution < -0.4 is 5.32 Å². The lowest BCUT2D eigenvalue weighted by molar-refractivity contribution is 0.0936. The molecule has 0 aliphatic heterocycles. The second-order valence-corrected chi connectivity index (χ2v) is 7.79. The fraction of sp³-hybridized carbons (Fsp3) is 0.333. The molecule has 7 heteroatoms. The van der Waals surface area contributed by atoms with Crippen LogP contribution in [-0.2, 0) is 11.3 Å². The van der Waals surface area contributed by atoms with Gasteiger partial charge in [0.1, 0.15) is 0 Å². The number of thiazole rings is 1. The number of rotatable bonds is 7. The molecule has 0 atom stereocenters. The van der Waals surface area contributed by atoms with Gasteiger partial charge in [-0.15, -0.1) is 22.7 Å². The topological polar surface area (TPSA) is 56.1 Å². The smallest absolute Gasteiger partial charge is 0.253 e. The molecule has 3 aromatic rings. The predicted molar refractivity (Wildman–Crippen MR) is 103 cm³/mol. The first-order valence-corrected chi connectivity index (χ1v) is 9.78. The Morgan fingerprint density at radius 3 is 2.84 bits per heavy atom. The third-order valence-electron chi connectivity index (χ3n) is 3.98.